The van der Waals surface area contributed by atoms with Crippen LogP contribution in [-0.4, -0.2) is 37.9 Å². The number of hydrogen-bond acceptors (Lipinski definition) is 5. The first-order valence-electron chi connectivity index (χ1n) is 12.2. The number of hydrogen-bond donors (Lipinski definition) is 1. The minimum Gasteiger partial charge on any atom is -0.490 e. The van der Waals surface area contributed by atoms with E-state index in [-0.39, 0.29) is 18.6 Å². The van der Waals surface area contributed by atoms with Gasteiger partial charge in [0.05, 0.1) is 42.5 Å². The van der Waals surface area contributed by atoms with Gasteiger partial charge in [0, 0.05) is 17.0 Å². The monoisotopic (exact) mass is 478 g/mol. The minimum absolute atomic E-state index is 0.174. The molecule has 1 aliphatic heterocycles. The SMILES string of the molecule is CC(C)(C)OC(=O)N1Cc2cc(F)cnc2-c2c(C3CCC(Oc4ccccc4)CC3)n[nH]c2C1. The second kappa shape index (κ2) is 9.32. The van der Waals surface area contributed by atoms with E-state index in [4.69, 9.17) is 9.47 Å². The molecule has 2 aromatic heterocycles. The van der Waals surface area contributed by atoms with Gasteiger partial charge in [-0.05, 0) is 64.7 Å². The molecule has 2 aliphatic rings. The van der Waals surface area contributed by atoms with Crippen molar-refractivity contribution in [2.45, 2.75) is 77.2 Å². The zero-order chi connectivity index (χ0) is 24.6. The van der Waals surface area contributed by atoms with Crippen LogP contribution in [0.4, 0.5) is 9.18 Å². The van der Waals surface area contributed by atoms with Gasteiger partial charge < -0.3 is 9.47 Å². The number of pyridine rings is 1. The Morgan fingerprint density at radius 3 is 2.57 bits per heavy atom. The number of ether oxygens (including phenoxy) is 2. The summed E-state index contributed by atoms with van der Waals surface area (Å²) < 4.78 is 25.9. The molecule has 0 spiro atoms. The highest BCUT2D eigenvalue weighted by atomic mass is 19.1. The first kappa shape index (κ1) is 23.3. The maximum absolute atomic E-state index is 14.2. The van der Waals surface area contributed by atoms with Gasteiger partial charge in [-0.15, -0.1) is 0 Å². The Balaban J connectivity index is 1.40. The Morgan fingerprint density at radius 2 is 1.86 bits per heavy atom. The van der Waals surface area contributed by atoms with Crippen molar-refractivity contribution >= 4 is 6.09 Å². The molecular formula is C27H31FN4O3. The molecule has 1 aliphatic carbocycles. The van der Waals surface area contributed by atoms with Crippen LogP contribution in [0.3, 0.4) is 0 Å². The quantitative estimate of drug-likeness (QED) is 0.502. The van der Waals surface area contributed by atoms with Crippen LogP contribution >= 0.6 is 0 Å². The van der Waals surface area contributed by atoms with E-state index in [1.165, 1.54) is 12.3 Å². The van der Waals surface area contributed by atoms with Gasteiger partial charge in [0.15, 0.2) is 0 Å². The van der Waals surface area contributed by atoms with E-state index in [0.29, 0.717) is 17.8 Å². The van der Waals surface area contributed by atoms with Crippen molar-refractivity contribution in [2.75, 3.05) is 0 Å². The lowest BCUT2D eigenvalue weighted by atomic mass is 9.83. The van der Waals surface area contributed by atoms with Gasteiger partial charge in [-0.1, -0.05) is 18.2 Å². The van der Waals surface area contributed by atoms with E-state index in [1.807, 2.05) is 51.1 Å². The summed E-state index contributed by atoms with van der Waals surface area (Å²) in [5, 5.41) is 7.84. The molecule has 1 saturated carbocycles. The van der Waals surface area contributed by atoms with Crippen molar-refractivity contribution in [3.8, 4) is 17.0 Å². The first-order valence-corrected chi connectivity index (χ1v) is 12.2. The lowest BCUT2D eigenvalue weighted by Gasteiger charge is -2.28. The Bertz CT molecular complexity index is 1200. The number of nitrogens with one attached hydrogen (secondary N) is 1. The van der Waals surface area contributed by atoms with Gasteiger partial charge in [-0.25, -0.2) is 9.18 Å². The highest BCUT2D eigenvalue weighted by Crippen LogP contribution is 2.41. The number of H-pyrrole nitrogens is 1. The van der Waals surface area contributed by atoms with Crippen molar-refractivity contribution < 1.29 is 18.7 Å². The molecule has 1 amide bonds. The molecule has 184 valence electrons. The number of carbonyl (C=O) groups excluding carboxylic acids is 1. The predicted octanol–water partition coefficient (Wildman–Crippen LogP) is 5.97. The molecule has 1 N–H and O–H groups in total. The van der Waals surface area contributed by atoms with Crippen molar-refractivity contribution in [1.82, 2.24) is 20.1 Å². The van der Waals surface area contributed by atoms with Crippen molar-refractivity contribution in [3.05, 3.63) is 65.4 Å². The van der Waals surface area contributed by atoms with Crippen LogP contribution in [0, 0.1) is 5.82 Å². The van der Waals surface area contributed by atoms with E-state index in [2.05, 4.69) is 15.2 Å². The zero-order valence-corrected chi connectivity index (χ0v) is 20.4. The molecule has 0 bridgehead atoms. The largest absolute Gasteiger partial charge is 0.490 e. The lowest BCUT2D eigenvalue weighted by molar-refractivity contribution is 0.0216. The summed E-state index contributed by atoms with van der Waals surface area (Å²) in [6.45, 7) is 6.00. The average Bonchev–Trinajstić information content (AvgIpc) is 3.15. The van der Waals surface area contributed by atoms with Crippen LogP contribution in [0.25, 0.3) is 11.3 Å². The van der Waals surface area contributed by atoms with E-state index < -0.39 is 17.5 Å². The molecule has 1 aromatic carbocycles. The normalized spacial score (nSPS) is 19.9. The van der Waals surface area contributed by atoms with Crippen LogP contribution in [0.2, 0.25) is 0 Å². The van der Waals surface area contributed by atoms with E-state index in [1.54, 1.807) is 4.90 Å². The number of fused-ring (bicyclic) bond motifs is 3. The topological polar surface area (TPSA) is 80.3 Å². The molecule has 0 atom stereocenters. The van der Waals surface area contributed by atoms with Gasteiger partial charge in [0.2, 0.25) is 0 Å². The van der Waals surface area contributed by atoms with E-state index in [0.717, 1.165) is 48.4 Å². The summed E-state index contributed by atoms with van der Waals surface area (Å²) >= 11 is 0. The number of amides is 1. The maximum atomic E-state index is 14.2. The number of aromatic amines is 1. The van der Waals surface area contributed by atoms with Crippen LogP contribution < -0.4 is 4.74 Å². The van der Waals surface area contributed by atoms with Crippen molar-refractivity contribution in [3.63, 3.8) is 0 Å². The second-order valence-electron chi connectivity index (χ2n) is 10.4. The Labute approximate surface area is 204 Å². The molecule has 0 saturated heterocycles. The number of benzene rings is 1. The van der Waals surface area contributed by atoms with E-state index >= 15 is 0 Å². The van der Waals surface area contributed by atoms with Crippen molar-refractivity contribution in [1.29, 1.82) is 0 Å². The summed E-state index contributed by atoms with van der Waals surface area (Å²) in [4.78, 5) is 18.9. The number of carbonyl (C=O) groups is 1. The molecule has 3 heterocycles. The highest BCUT2D eigenvalue weighted by molar-refractivity contribution is 5.74. The minimum atomic E-state index is -0.630. The van der Waals surface area contributed by atoms with Gasteiger partial charge >= 0.3 is 6.09 Å². The molecule has 35 heavy (non-hydrogen) atoms. The van der Waals surface area contributed by atoms with Crippen LogP contribution in [0.5, 0.6) is 5.75 Å². The van der Waals surface area contributed by atoms with Gasteiger partial charge in [-0.2, -0.15) is 5.10 Å². The molecule has 0 radical (unpaired) electrons. The van der Waals surface area contributed by atoms with E-state index in [9.17, 15) is 9.18 Å². The number of nitrogens with zero attached hydrogens (tertiary/aromatic N) is 3. The summed E-state index contributed by atoms with van der Waals surface area (Å²) in [5.41, 5.74) is 3.32. The summed E-state index contributed by atoms with van der Waals surface area (Å²) in [6, 6.07) is 11.4. The number of rotatable bonds is 3. The van der Waals surface area contributed by atoms with Gasteiger partial charge in [0.1, 0.15) is 17.2 Å². The predicted molar refractivity (Wildman–Crippen MR) is 129 cm³/mol. The number of halogens is 1. The third-order valence-electron chi connectivity index (χ3n) is 6.51. The molecule has 0 unspecified atom stereocenters. The standard InChI is InChI=1S/C27H31FN4O3/c1-27(2,3)35-26(33)32-15-18-13-19(28)14-29-24(18)23-22(16-32)30-31-25(23)17-9-11-21(12-10-17)34-20-7-5-4-6-8-20/h4-8,13-14,17,21H,9-12,15-16H2,1-3H3,(H,30,31). The van der Waals surface area contributed by atoms with Gasteiger partial charge in [0.25, 0.3) is 0 Å². The lowest BCUT2D eigenvalue weighted by Crippen LogP contribution is -2.35. The Kier molecular flexibility index (Phi) is 6.21. The zero-order valence-electron chi connectivity index (χ0n) is 20.4. The molecular weight excluding hydrogens is 447 g/mol. The fraction of sp³-hybridized carbons (Fsp3) is 0.444. The summed E-state index contributed by atoms with van der Waals surface area (Å²) in [7, 11) is 0. The van der Waals surface area contributed by atoms with Crippen LogP contribution in [0.15, 0.2) is 42.6 Å². The summed E-state index contributed by atoms with van der Waals surface area (Å²) in [6.07, 6.45) is 4.67. The van der Waals surface area contributed by atoms with Crippen molar-refractivity contribution in [2.24, 2.45) is 0 Å². The molecule has 1 fully saturated rings. The second-order valence-corrected chi connectivity index (χ2v) is 10.4. The molecule has 8 heteroatoms. The van der Waals surface area contributed by atoms with Crippen LogP contribution in [-0.2, 0) is 17.8 Å². The smallest absolute Gasteiger partial charge is 0.410 e. The average molecular weight is 479 g/mol. The summed E-state index contributed by atoms with van der Waals surface area (Å²) in [5.74, 6) is 0.699. The third kappa shape index (κ3) is 5.16. The Hall–Kier alpha value is -3.42. The Morgan fingerprint density at radius 1 is 1.11 bits per heavy atom. The maximum Gasteiger partial charge on any atom is 0.410 e. The van der Waals surface area contributed by atoms with Gasteiger partial charge in [-0.3, -0.25) is 15.0 Å². The number of aromatic nitrogens is 3. The fourth-order valence-electron chi connectivity index (χ4n) is 4.95. The highest BCUT2D eigenvalue weighted by Gasteiger charge is 2.34. The molecule has 3 aromatic rings. The fourth-order valence-corrected chi connectivity index (χ4v) is 4.95. The number of para-hydroxylation sites is 1. The first-order chi connectivity index (χ1) is 16.8. The molecule has 7 nitrogen and oxygen atoms in total. The van der Waals surface area contributed by atoms with Crippen LogP contribution in [0.1, 0.15) is 69.3 Å². The third-order valence-corrected chi connectivity index (χ3v) is 6.51. The molecule has 5 rings (SSSR count).